The van der Waals surface area contributed by atoms with Crippen LogP contribution in [0.1, 0.15) is 43.7 Å². The van der Waals surface area contributed by atoms with Crippen molar-refractivity contribution in [2.45, 2.75) is 38.1 Å². The number of halogens is 1. The van der Waals surface area contributed by atoms with Crippen LogP contribution >= 0.6 is 15.9 Å². The number of hydrogen-bond donors (Lipinski definition) is 2. The Morgan fingerprint density at radius 2 is 2.28 bits per heavy atom. The second kappa shape index (κ2) is 5.27. The van der Waals surface area contributed by atoms with E-state index in [2.05, 4.69) is 32.4 Å². The number of aromatic nitrogens is 1. The van der Waals surface area contributed by atoms with Gasteiger partial charge in [-0.1, -0.05) is 6.42 Å². The maximum absolute atomic E-state index is 5.74. The van der Waals surface area contributed by atoms with E-state index in [1.807, 2.05) is 12.4 Å². The van der Waals surface area contributed by atoms with Crippen molar-refractivity contribution in [3.05, 3.63) is 28.5 Å². The zero-order chi connectivity index (χ0) is 12.5. The molecule has 1 aromatic rings. The minimum Gasteiger partial charge on any atom is -0.271 e. The molecule has 3 N–H and O–H groups in total. The highest BCUT2D eigenvalue weighted by atomic mass is 79.9. The number of nitrogens with two attached hydrogens (primary N) is 1. The average Bonchev–Trinajstić information content (AvgIpc) is 2.98. The minimum atomic E-state index is 0.236. The second-order valence-corrected chi connectivity index (χ2v) is 6.74. The molecular weight excluding hydrogens is 290 g/mol. The van der Waals surface area contributed by atoms with E-state index in [1.165, 1.54) is 31.2 Å². The number of rotatable bonds is 4. The fourth-order valence-electron chi connectivity index (χ4n) is 3.89. The Morgan fingerprint density at radius 1 is 1.39 bits per heavy atom. The van der Waals surface area contributed by atoms with Gasteiger partial charge < -0.3 is 0 Å². The molecule has 2 bridgehead atoms. The van der Waals surface area contributed by atoms with E-state index in [-0.39, 0.29) is 6.04 Å². The summed E-state index contributed by atoms with van der Waals surface area (Å²) >= 11 is 3.47. The van der Waals surface area contributed by atoms with E-state index in [9.17, 15) is 0 Å². The quantitative estimate of drug-likeness (QED) is 0.663. The summed E-state index contributed by atoms with van der Waals surface area (Å²) in [5.41, 5.74) is 4.16. The van der Waals surface area contributed by atoms with Gasteiger partial charge in [0.2, 0.25) is 0 Å². The topological polar surface area (TPSA) is 50.9 Å². The number of nitrogens with one attached hydrogen (secondary N) is 1. The van der Waals surface area contributed by atoms with Crippen molar-refractivity contribution >= 4 is 15.9 Å². The van der Waals surface area contributed by atoms with Gasteiger partial charge in [-0.05, 0) is 71.0 Å². The van der Waals surface area contributed by atoms with Gasteiger partial charge in [0.1, 0.15) is 0 Å². The molecule has 3 nitrogen and oxygen atoms in total. The van der Waals surface area contributed by atoms with E-state index in [0.717, 1.165) is 28.6 Å². The van der Waals surface area contributed by atoms with Crippen LogP contribution in [0.5, 0.6) is 0 Å². The molecule has 1 heterocycles. The molecule has 4 atom stereocenters. The van der Waals surface area contributed by atoms with Gasteiger partial charge in [-0.3, -0.25) is 16.3 Å². The summed E-state index contributed by atoms with van der Waals surface area (Å²) in [7, 11) is 0. The van der Waals surface area contributed by atoms with Crippen molar-refractivity contribution < 1.29 is 0 Å². The van der Waals surface area contributed by atoms with E-state index < -0.39 is 0 Å². The first kappa shape index (κ1) is 12.6. The predicted molar refractivity (Wildman–Crippen MR) is 75.6 cm³/mol. The highest BCUT2D eigenvalue weighted by Gasteiger charge is 2.40. The Labute approximate surface area is 117 Å². The van der Waals surface area contributed by atoms with Crippen LogP contribution in [0, 0.1) is 17.8 Å². The highest BCUT2D eigenvalue weighted by molar-refractivity contribution is 9.10. The molecule has 2 fully saturated rings. The second-order valence-electron chi connectivity index (χ2n) is 5.83. The highest BCUT2D eigenvalue weighted by Crippen LogP contribution is 2.50. The molecule has 0 aliphatic heterocycles. The molecule has 3 rings (SSSR count). The van der Waals surface area contributed by atoms with Crippen molar-refractivity contribution in [3.63, 3.8) is 0 Å². The van der Waals surface area contributed by atoms with Crippen molar-refractivity contribution in [1.82, 2.24) is 10.4 Å². The molecular formula is C14H20BrN3. The van der Waals surface area contributed by atoms with Gasteiger partial charge in [0.25, 0.3) is 0 Å². The average molecular weight is 310 g/mol. The Balaban J connectivity index is 1.69. The molecule has 0 radical (unpaired) electrons. The van der Waals surface area contributed by atoms with Gasteiger partial charge in [-0.15, -0.1) is 0 Å². The molecule has 0 spiro atoms. The number of hydrogen-bond acceptors (Lipinski definition) is 3. The maximum Gasteiger partial charge on any atom is 0.0478 e. The van der Waals surface area contributed by atoms with Crippen LogP contribution in [-0.4, -0.2) is 4.98 Å². The lowest BCUT2D eigenvalue weighted by Gasteiger charge is -2.26. The third-order valence-electron chi connectivity index (χ3n) is 4.75. The number of hydrazine groups is 1. The molecule has 1 aromatic heterocycles. The standard InChI is InChI=1S/C14H20BrN3/c15-13-5-12(7-17-8-13)14(18-16)6-11-4-9-1-2-10(11)3-9/h5,7-11,14,18H,1-4,6,16H2. The third-order valence-corrected chi connectivity index (χ3v) is 5.19. The summed E-state index contributed by atoms with van der Waals surface area (Å²) in [6.07, 6.45) is 10.6. The zero-order valence-electron chi connectivity index (χ0n) is 10.5. The smallest absolute Gasteiger partial charge is 0.0478 e. The maximum atomic E-state index is 5.74. The number of nitrogens with zero attached hydrogens (tertiary/aromatic N) is 1. The Morgan fingerprint density at radius 3 is 2.89 bits per heavy atom. The molecule has 0 amide bonds. The largest absolute Gasteiger partial charge is 0.271 e. The summed E-state index contributed by atoms with van der Waals surface area (Å²) in [6.45, 7) is 0. The zero-order valence-corrected chi connectivity index (χ0v) is 12.1. The van der Waals surface area contributed by atoms with Gasteiger partial charge in [0, 0.05) is 22.9 Å². The molecule has 4 unspecified atom stereocenters. The first-order valence-corrected chi connectivity index (χ1v) is 7.62. The minimum absolute atomic E-state index is 0.236. The fraction of sp³-hybridized carbons (Fsp3) is 0.643. The normalized spacial score (nSPS) is 31.8. The lowest BCUT2D eigenvalue weighted by Crippen LogP contribution is -2.30. The van der Waals surface area contributed by atoms with E-state index in [1.54, 1.807) is 0 Å². The number of fused-ring (bicyclic) bond motifs is 2. The van der Waals surface area contributed by atoms with Crippen LogP contribution in [0.3, 0.4) is 0 Å². The summed E-state index contributed by atoms with van der Waals surface area (Å²) in [4.78, 5) is 4.23. The van der Waals surface area contributed by atoms with Crippen LogP contribution in [-0.2, 0) is 0 Å². The molecule has 2 saturated carbocycles. The van der Waals surface area contributed by atoms with Crippen molar-refractivity contribution in [2.24, 2.45) is 23.6 Å². The van der Waals surface area contributed by atoms with Crippen molar-refractivity contribution in [1.29, 1.82) is 0 Å². The summed E-state index contributed by atoms with van der Waals surface area (Å²) < 4.78 is 1.02. The first-order valence-electron chi connectivity index (χ1n) is 6.83. The van der Waals surface area contributed by atoms with Gasteiger partial charge in [-0.25, -0.2) is 0 Å². The Hall–Kier alpha value is -0.450. The van der Waals surface area contributed by atoms with E-state index >= 15 is 0 Å². The summed E-state index contributed by atoms with van der Waals surface area (Å²) in [6, 6.07) is 2.35. The van der Waals surface area contributed by atoms with E-state index in [0.29, 0.717) is 0 Å². The monoisotopic (exact) mass is 309 g/mol. The lowest BCUT2D eigenvalue weighted by molar-refractivity contribution is 0.280. The third kappa shape index (κ3) is 2.46. The van der Waals surface area contributed by atoms with Crippen LogP contribution < -0.4 is 11.3 Å². The molecule has 4 heteroatoms. The SMILES string of the molecule is NNC(CC1CC2CCC1C2)c1cncc(Br)c1. The summed E-state index contributed by atoms with van der Waals surface area (Å²) in [5, 5.41) is 0. The van der Waals surface area contributed by atoms with Crippen LogP contribution in [0.4, 0.5) is 0 Å². The van der Waals surface area contributed by atoms with Crippen molar-refractivity contribution in [2.75, 3.05) is 0 Å². The van der Waals surface area contributed by atoms with Gasteiger partial charge in [0.15, 0.2) is 0 Å². The first-order chi connectivity index (χ1) is 8.76. The Kier molecular flexibility index (Phi) is 3.68. The van der Waals surface area contributed by atoms with Crippen LogP contribution in [0.15, 0.2) is 22.9 Å². The van der Waals surface area contributed by atoms with Crippen LogP contribution in [0.25, 0.3) is 0 Å². The van der Waals surface area contributed by atoms with Gasteiger partial charge in [0.05, 0.1) is 0 Å². The van der Waals surface area contributed by atoms with E-state index in [4.69, 9.17) is 5.84 Å². The summed E-state index contributed by atoms with van der Waals surface area (Å²) in [5.74, 6) is 8.54. The predicted octanol–water partition coefficient (Wildman–Crippen LogP) is 3.17. The van der Waals surface area contributed by atoms with Gasteiger partial charge in [-0.2, -0.15) is 0 Å². The lowest BCUT2D eigenvalue weighted by atomic mass is 9.83. The Bertz CT molecular complexity index is 423. The number of pyridine rings is 1. The molecule has 98 valence electrons. The molecule has 2 aliphatic carbocycles. The fourth-order valence-corrected chi connectivity index (χ4v) is 4.27. The molecule has 0 saturated heterocycles. The molecule has 2 aliphatic rings. The molecule has 18 heavy (non-hydrogen) atoms. The molecule has 0 aromatic carbocycles. The van der Waals surface area contributed by atoms with Gasteiger partial charge >= 0.3 is 0 Å². The van der Waals surface area contributed by atoms with Crippen LogP contribution in [0.2, 0.25) is 0 Å². The van der Waals surface area contributed by atoms with Crippen molar-refractivity contribution in [3.8, 4) is 0 Å².